The van der Waals surface area contributed by atoms with E-state index in [1.54, 1.807) is 42.3 Å². The molecule has 1 aromatic heterocycles. The van der Waals surface area contributed by atoms with Crippen LogP contribution in [0.25, 0.3) is 16.9 Å². The van der Waals surface area contributed by atoms with Crippen molar-refractivity contribution in [1.29, 1.82) is 0 Å². The number of ether oxygens (including phenoxy) is 4. The van der Waals surface area contributed by atoms with Crippen LogP contribution in [0.15, 0.2) is 41.4 Å². The third-order valence-corrected chi connectivity index (χ3v) is 5.84. The van der Waals surface area contributed by atoms with Crippen molar-refractivity contribution in [2.45, 2.75) is 4.90 Å². The average molecular weight is 421 g/mol. The fourth-order valence-corrected chi connectivity index (χ4v) is 4.41. The first kappa shape index (κ1) is 18.8. The van der Waals surface area contributed by atoms with E-state index in [2.05, 4.69) is 10.3 Å². The lowest BCUT2D eigenvalue weighted by atomic mass is 10.1. The van der Waals surface area contributed by atoms with Gasteiger partial charge in [0.05, 0.1) is 36.7 Å². The third kappa shape index (κ3) is 3.47. The van der Waals surface area contributed by atoms with Gasteiger partial charge in [0.15, 0.2) is 11.5 Å². The molecule has 0 atom stereocenters. The molecular weight excluding hydrogens is 405 g/mol. The Morgan fingerprint density at radius 2 is 1.93 bits per heavy atom. The number of aromatic nitrogens is 3. The number of fused-ring (bicyclic) bond motifs is 1. The molecule has 2 N–H and O–H groups in total. The van der Waals surface area contributed by atoms with Crippen molar-refractivity contribution in [3.63, 3.8) is 0 Å². The zero-order chi connectivity index (χ0) is 19.7. The highest BCUT2D eigenvalue weighted by Gasteiger charge is 2.22. The minimum atomic E-state index is -2.18. The molecular formula is C17H16N3O6PS. The zero-order valence-electron chi connectivity index (χ0n) is 14.9. The summed E-state index contributed by atoms with van der Waals surface area (Å²) in [4.78, 5) is 19.4. The number of benzene rings is 2. The summed E-state index contributed by atoms with van der Waals surface area (Å²) >= 11 is 0.929. The first-order chi connectivity index (χ1) is 13.6. The monoisotopic (exact) mass is 421 g/mol. The number of hydrogen-bond donors (Lipinski definition) is 2. The molecule has 9 nitrogen and oxygen atoms in total. The first-order valence-corrected chi connectivity index (χ1v) is 10.7. The Kier molecular flexibility index (Phi) is 5.27. The van der Waals surface area contributed by atoms with Gasteiger partial charge < -0.3 is 28.7 Å². The topological polar surface area (TPSA) is 108 Å². The Labute approximate surface area is 165 Å². The summed E-state index contributed by atoms with van der Waals surface area (Å²) in [7, 11) is 0.904. The van der Waals surface area contributed by atoms with Crippen LogP contribution in [0.4, 0.5) is 0 Å². The predicted octanol–water partition coefficient (Wildman–Crippen LogP) is 2.98. The van der Waals surface area contributed by atoms with E-state index in [0.717, 1.165) is 16.9 Å². The van der Waals surface area contributed by atoms with Crippen LogP contribution in [0, 0.1) is 0 Å². The molecule has 0 fully saturated rings. The summed E-state index contributed by atoms with van der Waals surface area (Å²) in [5.41, 5.74) is 2.16. The van der Waals surface area contributed by atoms with Gasteiger partial charge in [-0.3, -0.25) is 0 Å². The fraction of sp³-hybridized carbons (Fsp3) is 0.176. The zero-order valence-corrected chi connectivity index (χ0v) is 16.6. The lowest BCUT2D eigenvalue weighted by molar-refractivity contribution is 0.171. The second-order valence-corrected chi connectivity index (χ2v) is 8.28. The van der Waals surface area contributed by atoms with E-state index in [1.807, 2.05) is 6.07 Å². The van der Waals surface area contributed by atoms with Crippen molar-refractivity contribution in [3.05, 3.63) is 36.5 Å². The van der Waals surface area contributed by atoms with Gasteiger partial charge in [-0.05, 0) is 29.6 Å². The van der Waals surface area contributed by atoms with Crippen LogP contribution in [0.5, 0.6) is 23.0 Å². The van der Waals surface area contributed by atoms with Gasteiger partial charge in [-0.15, -0.1) is 5.10 Å². The molecule has 11 heteroatoms. The molecule has 3 aromatic rings. The number of nitrogens with zero attached hydrogens (tertiary/aromatic N) is 3. The van der Waals surface area contributed by atoms with E-state index in [9.17, 15) is 9.79 Å². The fourth-order valence-electron chi connectivity index (χ4n) is 2.86. The lowest BCUT2D eigenvalue weighted by Gasteiger charge is -2.13. The Hall–Kier alpha value is -2.52. The largest absolute Gasteiger partial charge is 0.496 e. The van der Waals surface area contributed by atoms with E-state index in [4.69, 9.17) is 18.9 Å². The van der Waals surface area contributed by atoms with E-state index < -0.39 is 7.58 Å². The van der Waals surface area contributed by atoms with Crippen LogP contribution in [0.2, 0.25) is 0 Å². The molecule has 0 saturated carbocycles. The van der Waals surface area contributed by atoms with Gasteiger partial charge in [-0.1, -0.05) is 5.21 Å². The maximum Gasteiger partial charge on any atom is 0.237 e. The molecule has 1 aliphatic rings. The molecule has 0 amide bonds. The van der Waals surface area contributed by atoms with Gasteiger partial charge >= 0.3 is 0 Å². The third-order valence-electron chi connectivity index (χ3n) is 4.08. The van der Waals surface area contributed by atoms with Crippen molar-refractivity contribution in [1.82, 2.24) is 15.0 Å². The number of methoxy groups -OCH3 is 2. The molecule has 4 rings (SSSR count). The van der Waals surface area contributed by atoms with Crippen LogP contribution >= 0.6 is 19.0 Å². The van der Waals surface area contributed by atoms with Crippen molar-refractivity contribution >= 4 is 19.0 Å². The van der Waals surface area contributed by atoms with Crippen LogP contribution in [0.1, 0.15) is 0 Å². The lowest BCUT2D eigenvalue weighted by Crippen LogP contribution is -2.00. The molecule has 1 aliphatic heterocycles. The van der Waals surface area contributed by atoms with Crippen molar-refractivity contribution < 1.29 is 28.7 Å². The Morgan fingerprint density at radius 1 is 1.11 bits per heavy atom. The molecule has 0 aliphatic carbocycles. The second-order valence-electron chi connectivity index (χ2n) is 5.62. The van der Waals surface area contributed by atoms with Crippen molar-refractivity contribution in [3.8, 4) is 39.9 Å². The molecule has 0 radical (unpaired) electrons. The molecule has 0 saturated heterocycles. The highest BCUT2D eigenvalue weighted by atomic mass is 32.7. The quantitative estimate of drug-likeness (QED) is 0.581. The van der Waals surface area contributed by atoms with Crippen LogP contribution in [-0.4, -0.2) is 45.8 Å². The molecule has 0 bridgehead atoms. The summed E-state index contributed by atoms with van der Waals surface area (Å²) in [6, 6.07) is 8.98. The summed E-state index contributed by atoms with van der Waals surface area (Å²) in [5.74, 6) is 2.19. The minimum Gasteiger partial charge on any atom is -0.496 e. The first-order valence-electron chi connectivity index (χ1n) is 8.03. The van der Waals surface area contributed by atoms with Gasteiger partial charge in [0, 0.05) is 17.7 Å². The molecule has 0 unspecified atom stereocenters. The minimum absolute atomic E-state index is 0.129. The summed E-state index contributed by atoms with van der Waals surface area (Å²) in [5, 5.41) is 8.20. The molecule has 2 aromatic carbocycles. The Morgan fingerprint density at radius 3 is 2.68 bits per heavy atom. The van der Waals surface area contributed by atoms with E-state index in [0.29, 0.717) is 39.3 Å². The van der Waals surface area contributed by atoms with Crippen LogP contribution < -0.4 is 18.9 Å². The standard InChI is InChI=1S/C17H16N3O6PS/c1-23-13-4-3-10(5-16(13)28-27(21)22)12-8-18-19-20(12)11-6-14(24-2)17-15(7-11)25-9-26-17/h3-8,21-22H,9H2,1-2H3. The average Bonchev–Trinajstić information content (AvgIpc) is 3.35. The molecule has 0 spiro atoms. The smallest absolute Gasteiger partial charge is 0.237 e. The number of rotatable bonds is 6. The van der Waals surface area contributed by atoms with Gasteiger partial charge in [0.25, 0.3) is 0 Å². The number of hydrogen-bond acceptors (Lipinski definition) is 9. The molecule has 28 heavy (non-hydrogen) atoms. The normalized spacial score (nSPS) is 12.5. The second kappa shape index (κ2) is 7.84. The summed E-state index contributed by atoms with van der Waals surface area (Å²) in [6.45, 7) is 0.129. The summed E-state index contributed by atoms with van der Waals surface area (Å²) < 4.78 is 23.2. The van der Waals surface area contributed by atoms with Gasteiger partial charge in [0.2, 0.25) is 20.1 Å². The van der Waals surface area contributed by atoms with E-state index >= 15 is 0 Å². The van der Waals surface area contributed by atoms with Crippen LogP contribution in [-0.2, 0) is 0 Å². The maximum absolute atomic E-state index is 9.39. The highest BCUT2D eigenvalue weighted by Crippen LogP contribution is 2.50. The van der Waals surface area contributed by atoms with Crippen LogP contribution in [0.3, 0.4) is 0 Å². The Balaban J connectivity index is 1.79. The van der Waals surface area contributed by atoms with E-state index in [-0.39, 0.29) is 6.79 Å². The Bertz CT molecular complexity index is 1010. The van der Waals surface area contributed by atoms with Gasteiger partial charge in [-0.25, -0.2) is 4.68 Å². The molecule has 146 valence electrons. The highest BCUT2D eigenvalue weighted by molar-refractivity contribution is 8.52. The van der Waals surface area contributed by atoms with Gasteiger partial charge in [0.1, 0.15) is 5.75 Å². The predicted molar refractivity (Wildman–Crippen MR) is 103 cm³/mol. The summed E-state index contributed by atoms with van der Waals surface area (Å²) in [6.07, 6.45) is 1.62. The van der Waals surface area contributed by atoms with E-state index in [1.165, 1.54) is 7.11 Å². The SMILES string of the molecule is COc1ccc(-c2cnnn2-c2cc(OC)c3c(c2)OCO3)cc1SP(O)O. The van der Waals surface area contributed by atoms with Crippen molar-refractivity contribution in [2.24, 2.45) is 0 Å². The van der Waals surface area contributed by atoms with Crippen molar-refractivity contribution in [2.75, 3.05) is 21.0 Å². The van der Waals surface area contributed by atoms with Gasteiger partial charge in [-0.2, -0.15) is 0 Å². The molecule has 2 heterocycles. The maximum atomic E-state index is 9.39.